The molecule has 23 heavy (non-hydrogen) atoms. The van der Waals surface area contributed by atoms with Gasteiger partial charge in [-0.2, -0.15) is 0 Å². The molecular formula is C17H26IN3O2. The van der Waals surface area contributed by atoms with E-state index in [0.717, 1.165) is 34.5 Å². The van der Waals surface area contributed by atoms with Gasteiger partial charge in [-0.1, -0.05) is 0 Å². The molecule has 0 aliphatic carbocycles. The standard InChI is InChI=1S/C17H26IN3O2/c1-12-13(9-14(18)10-15(12)19)11-20-5-7-21(8-6-20)16(22)23-17(2,3)4/h9-10H,5-8,11,19H2,1-4H3. The van der Waals surface area contributed by atoms with Crippen molar-refractivity contribution in [3.8, 4) is 0 Å². The fourth-order valence-corrected chi connectivity index (χ4v) is 3.29. The molecule has 0 atom stereocenters. The van der Waals surface area contributed by atoms with Crippen LogP contribution in [0.2, 0.25) is 0 Å². The van der Waals surface area contributed by atoms with Crippen LogP contribution < -0.4 is 5.73 Å². The summed E-state index contributed by atoms with van der Waals surface area (Å²) in [7, 11) is 0. The van der Waals surface area contributed by atoms with E-state index >= 15 is 0 Å². The van der Waals surface area contributed by atoms with Crippen molar-refractivity contribution in [2.75, 3.05) is 31.9 Å². The molecule has 1 aromatic rings. The number of hydrogen-bond acceptors (Lipinski definition) is 4. The normalized spacial score (nSPS) is 16.5. The van der Waals surface area contributed by atoms with Crippen LogP contribution in [0.25, 0.3) is 0 Å². The predicted octanol–water partition coefficient (Wildman–Crippen LogP) is 3.23. The Morgan fingerprint density at radius 3 is 2.43 bits per heavy atom. The average Bonchev–Trinajstić information content (AvgIpc) is 2.43. The molecule has 1 amide bonds. The van der Waals surface area contributed by atoms with Crippen LogP contribution in [-0.4, -0.2) is 47.7 Å². The fraction of sp³-hybridized carbons (Fsp3) is 0.588. The summed E-state index contributed by atoms with van der Waals surface area (Å²) >= 11 is 2.30. The molecule has 5 nitrogen and oxygen atoms in total. The SMILES string of the molecule is Cc1c(N)cc(I)cc1CN1CCN(C(=O)OC(C)(C)C)CC1. The minimum absolute atomic E-state index is 0.216. The minimum atomic E-state index is -0.441. The first-order valence-electron chi connectivity index (χ1n) is 7.90. The zero-order valence-corrected chi connectivity index (χ0v) is 16.5. The van der Waals surface area contributed by atoms with Gasteiger partial charge in [0, 0.05) is 42.0 Å². The van der Waals surface area contributed by atoms with Crippen molar-refractivity contribution in [2.45, 2.75) is 39.8 Å². The van der Waals surface area contributed by atoms with Crippen molar-refractivity contribution in [1.29, 1.82) is 0 Å². The Kier molecular flexibility index (Phi) is 5.78. The van der Waals surface area contributed by atoms with E-state index in [1.807, 2.05) is 26.8 Å². The minimum Gasteiger partial charge on any atom is -0.444 e. The average molecular weight is 431 g/mol. The van der Waals surface area contributed by atoms with Gasteiger partial charge in [0.05, 0.1) is 0 Å². The third-order valence-corrected chi connectivity index (χ3v) is 4.56. The van der Waals surface area contributed by atoms with E-state index in [9.17, 15) is 4.79 Å². The number of amides is 1. The Hall–Kier alpha value is -1.02. The molecular weight excluding hydrogens is 405 g/mol. The fourth-order valence-electron chi connectivity index (χ4n) is 2.58. The molecule has 0 spiro atoms. The highest BCUT2D eigenvalue weighted by Crippen LogP contribution is 2.22. The van der Waals surface area contributed by atoms with Crippen LogP contribution in [0, 0.1) is 10.5 Å². The van der Waals surface area contributed by atoms with Crippen LogP contribution >= 0.6 is 22.6 Å². The number of carbonyl (C=O) groups is 1. The van der Waals surface area contributed by atoms with Crippen LogP contribution in [0.3, 0.4) is 0 Å². The van der Waals surface area contributed by atoms with E-state index in [0.29, 0.717) is 13.1 Å². The molecule has 2 N–H and O–H groups in total. The molecule has 128 valence electrons. The molecule has 0 unspecified atom stereocenters. The second-order valence-corrected chi connectivity index (χ2v) is 8.27. The Labute approximate surface area is 152 Å². The van der Waals surface area contributed by atoms with Gasteiger partial charge in [0.2, 0.25) is 0 Å². The second kappa shape index (κ2) is 7.25. The lowest BCUT2D eigenvalue weighted by atomic mass is 10.1. The molecule has 0 bridgehead atoms. The number of benzene rings is 1. The number of carbonyl (C=O) groups excluding carboxylic acids is 1. The molecule has 1 heterocycles. The van der Waals surface area contributed by atoms with Crippen molar-refractivity contribution in [3.05, 3.63) is 26.8 Å². The van der Waals surface area contributed by atoms with Crippen LogP contribution in [0.1, 0.15) is 31.9 Å². The molecule has 1 aliphatic heterocycles. The van der Waals surface area contributed by atoms with Gasteiger partial charge in [0.25, 0.3) is 0 Å². The molecule has 1 fully saturated rings. The van der Waals surface area contributed by atoms with Crippen LogP contribution in [0.15, 0.2) is 12.1 Å². The van der Waals surface area contributed by atoms with Crippen LogP contribution in [-0.2, 0) is 11.3 Å². The quantitative estimate of drug-likeness (QED) is 0.577. The van der Waals surface area contributed by atoms with Gasteiger partial charge in [-0.05, 0) is 73.5 Å². The molecule has 1 aromatic carbocycles. The summed E-state index contributed by atoms with van der Waals surface area (Å²) in [5.41, 5.74) is 8.88. The first-order chi connectivity index (χ1) is 10.7. The maximum atomic E-state index is 12.1. The number of anilines is 1. The summed E-state index contributed by atoms with van der Waals surface area (Å²) in [6, 6.07) is 4.19. The summed E-state index contributed by atoms with van der Waals surface area (Å²) < 4.78 is 6.59. The van der Waals surface area contributed by atoms with Crippen molar-refractivity contribution in [3.63, 3.8) is 0 Å². The van der Waals surface area contributed by atoms with E-state index in [2.05, 4.69) is 40.5 Å². The van der Waals surface area contributed by atoms with E-state index in [-0.39, 0.29) is 6.09 Å². The van der Waals surface area contributed by atoms with Gasteiger partial charge in [0.15, 0.2) is 0 Å². The van der Waals surface area contributed by atoms with Gasteiger partial charge >= 0.3 is 6.09 Å². The molecule has 0 saturated carbocycles. The van der Waals surface area contributed by atoms with Crippen molar-refractivity contribution < 1.29 is 9.53 Å². The smallest absolute Gasteiger partial charge is 0.410 e. The monoisotopic (exact) mass is 431 g/mol. The maximum absolute atomic E-state index is 12.1. The van der Waals surface area contributed by atoms with Crippen LogP contribution in [0.4, 0.5) is 10.5 Å². The van der Waals surface area contributed by atoms with E-state index in [1.54, 1.807) is 4.90 Å². The lowest BCUT2D eigenvalue weighted by molar-refractivity contribution is 0.0139. The number of nitrogens with two attached hydrogens (primary N) is 1. The van der Waals surface area contributed by atoms with Crippen molar-refractivity contribution >= 4 is 34.4 Å². The summed E-state index contributed by atoms with van der Waals surface area (Å²) in [5, 5.41) is 0. The van der Waals surface area contributed by atoms with Gasteiger partial charge in [-0.15, -0.1) is 0 Å². The van der Waals surface area contributed by atoms with E-state index < -0.39 is 5.60 Å². The van der Waals surface area contributed by atoms with Crippen LogP contribution in [0.5, 0.6) is 0 Å². The summed E-state index contributed by atoms with van der Waals surface area (Å²) in [5.74, 6) is 0. The first-order valence-corrected chi connectivity index (χ1v) is 8.98. The van der Waals surface area contributed by atoms with Crippen molar-refractivity contribution in [2.24, 2.45) is 0 Å². The summed E-state index contributed by atoms with van der Waals surface area (Å²) in [6.07, 6.45) is -0.216. The number of hydrogen-bond donors (Lipinski definition) is 1. The first kappa shape index (κ1) is 18.3. The van der Waals surface area contributed by atoms with Crippen molar-refractivity contribution in [1.82, 2.24) is 9.80 Å². The molecule has 0 radical (unpaired) electrons. The predicted molar refractivity (Wildman–Crippen MR) is 101 cm³/mol. The zero-order chi connectivity index (χ0) is 17.2. The Balaban J connectivity index is 1.92. The molecule has 0 aromatic heterocycles. The number of nitrogen functional groups attached to an aromatic ring is 1. The highest BCUT2D eigenvalue weighted by atomic mass is 127. The number of piperazine rings is 1. The molecule has 2 rings (SSSR count). The number of halogens is 1. The summed E-state index contributed by atoms with van der Waals surface area (Å²) in [4.78, 5) is 16.2. The van der Waals surface area contributed by atoms with Gasteiger partial charge in [0.1, 0.15) is 5.60 Å². The van der Waals surface area contributed by atoms with Gasteiger partial charge in [-0.3, -0.25) is 4.90 Å². The number of rotatable bonds is 2. The molecule has 1 saturated heterocycles. The van der Waals surface area contributed by atoms with E-state index in [4.69, 9.17) is 10.5 Å². The zero-order valence-electron chi connectivity index (χ0n) is 14.4. The lowest BCUT2D eigenvalue weighted by Crippen LogP contribution is -2.49. The third-order valence-electron chi connectivity index (χ3n) is 3.94. The third kappa shape index (κ3) is 5.24. The molecule has 1 aliphatic rings. The number of nitrogens with zero attached hydrogens (tertiary/aromatic N) is 2. The summed E-state index contributed by atoms with van der Waals surface area (Å²) in [6.45, 7) is 11.7. The topological polar surface area (TPSA) is 58.8 Å². The largest absolute Gasteiger partial charge is 0.444 e. The lowest BCUT2D eigenvalue weighted by Gasteiger charge is -2.35. The molecule has 6 heteroatoms. The van der Waals surface area contributed by atoms with Gasteiger partial charge < -0.3 is 15.4 Å². The second-order valence-electron chi connectivity index (χ2n) is 7.02. The Morgan fingerprint density at radius 1 is 1.26 bits per heavy atom. The Bertz CT molecular complexity index is 576. The Morgan fingerprint density at radius 2 is 1.87 bits per heavy atom. The van der Waals surface area contributed by atoms with E-state index in [1.165, 1.54) is 5.56 Å². The number of ether oxygens (including phenoxy) is 1. The highest BCUT2D eigenvalue weighted by molar-refractivity contribution is 14.1. The van der Waals surface area contributed by atoms with Gasteiger partial charge in [-0.25, -0.2) is 4.79 Å². The highest BCUT2D eigenvalue weighted by Gasteiger charge is 2.26. The maximum Gasteiger partial charge on any atom is 0.410 e.